The number of hydrogen-bond acceptors (Lipinski definition) is 3. The SMILES string of the molecule is COCOc1ccc(N(Cl)Cl)cc1. The zero-order chi connectivity index (χ0) is 9.68. The Morgan fingerprint density at radius 2 is 1.85 bits per heavy atom. The summed E-state index contributed by atoms with van der Waals surface area (Å²) in [6.07, 6.45) is 0. The van der Waals surface area contributed by atoms with E-state index < -0.39 is 0 Å². The summed E-state index contributed by atoms with van der Waals surface area (Å²) in [5.41, 5.74) is 0.688. The van der Waals surface area contributed by atoms with E-state index in [1.807, 2.05) is 0 Å². The molecule has 72 valence electrons. The minimum Gasteiger partial charge on any atom is -0.468 e. The predicted octanol–water partition coefficient (Wildman–Crippen LogP) is 2.78. The molecule has 0 amide bonds. The van der Waals surface area contributed by atoms with E-state index in [2.05, 4.69) is 0 Å². The maximum Gasteiger partial charge on any atom is 0.188 e. The lowest BCUT2D eigenvalue weighted by atomic mass is 10.3. The van der Waals surface area contributed by atoms with Crippen molar-refractivity contribution in [1.29, 1.82) is 0 Å². The molecule has 5 heteroatoms. The number of hydrogen-bond donors (Lipinski definition) is 0. The third-order valence-corrected chi connectivity index (χ3v) is 1.77. The summed E-state index contributed by atoms with van der Waals surface area (Å²) in [7, 11) is 1.56. The van der Waals surface area contributed by atoms with Gasteiger partial charge in [0, 0.05) is 30.7 Å². The molecule has 0 saturated heterocycles. The maximum absolute atomic E-state index is 5.49. The molecule has 0 fully saturated rings. The number of anilines is 1. The fraction of sp³-hybridized carbons (Fsp3) is 0.250. The third kappa shape index (κ3) is 3.30. The quantitative estimate of drug-likeness (QED) is 0.577. The number of benzene rings is 1. The van der Waals surface area contributed by atoms with E-state index in [9.17, 15) is 0 Å². The standard InChI is InChI=1S/C8H9Cl2NO2/c1-12-6-13-8-4-2-7(3-5-8)11(9)10/h2-5H,6H2,1H3. The molecule has 0 aliphatic heterocycles. The molecule has 0 aliphatic carbocycles. The molecule has 0 N–H and O–H groups in total. The second kappa shape index (κ2) is 5.17. The first-order valence-electron chi connectivity index (χ1n) is 3.57. The highest BCUT2D eigenvalue weighted by Crippen LogP contribution is 2.22. The average Bonchev–Trinajstić information content (AvgIpc) is 2.15. The van der Waals surface area contributed by atoms with E-state index in [1.54, 1.807) is 31.4 Å². The number of rotatable bonds is 4. The van der Waals surface area contributed by atoms with Crippen LogP contribution in [0.3, 0.4) is 0 Å². The number of ether oxygens (including phenoxy) is 2. The van der Waals surface area contributed by atoms with Crippen molar-refractivity contribution < 1.29 is 9.47 Å². The van der Waals surface area contributed by atoms with E-state index >= 15 is 0 Å². The van der Waals surface area contributed by atoms with Crippen molar-refractivity contribution in [3.63, 3.8) is 0 Å². The molecule has 1 aromatic rings. The molecule has 3 nitrogen and oxygen atoms in total. The van der Waals surface area contributed by atoms with Gasteiger partial charge in [0.15, 0.2) is 6.79 Å². The molecule has 0 heterocycles. The molecule has 0 aromatic heterocycles. The highest BCUT2D eigenvalue weighted by molar-refractivity contribution is 6.49. The van der Waals surface area contributed by atoms with Crippen molar-refractivity contribution in [3.8, 4) is 5.75 Å². The molecule has 1 rings (SSSR count). The van der Waals surface area contributed by atoms with E-state index in [-0.39, 0.29) is 6.79 Å². The van der Waals surface area contributed by atoms with Gasteiger partial charge in [0.05, 0.1) is 5.69 Å². The van der Waals surface area contributed by atoms with Gasteiger partial charge in [0.1, 0.15) is 5.75 Å². The first-order chi connectivity index (χ1) is 6.24. The topological polar surface area (TPSA) is 21.7 Å². The molecule has 13 heavy (non-hydrogen) atoms. The molecule has 0 bridgehead atoms. The second-order valence-electron chi connectivity index (χ2n) is 2.28. The smallest absolute Gasteiger partial charge is 0.188 e. The second-order valence-corrected chi connectivity index (χ2v) is 3.13. The van der Waals surface area contributed by atoms with E-state index in [0.29, 0.717) is 11.4 Å². The fourth-order valence-electron chi connectivity index (χ4n) is 0.782. The van der Waals surface area contributed by atoms with Gasteiger partial charge in [-0.1, -0.05) is 0 Å². The Kier molecular flexibility index (Phi) is 4.15. The third-order valence-electron chi connectivity index (χ3n) is 1.38. The van der Waals surface area contributed by atoms with E-state index in [0.717, 1.165) is 3.94 Å². The number of methoxy groups -OCH3 is 1. The Balaban J connectivity index is 2.59. The van der Waals surface area contributed by atoms with Crippen LogP contribution >= 0.6 is 23.6 Å². The van der Waals surface area contributed by atoms with Gasteiger partial charge in [0.25, 0.3) is 0 Å². The largest absolute Gasteiger partial charge is 0.468 e. The zero-order valence-corrected chi connectivity index (χ0v) is 8.55. The highest BCUT2D eigenvalue weighted by Gasteiger charge is 1.99. The highest BCUT2D eigenvalue weighted by atomic mass is 35.5. The van der Waals surface area contributed by atoms with Gasteiger partial charge >= 0.3 is 0 Å². The van der Waals surface area contributed by atoms with Crippen molar-refractivity contribution in [2.75, 3.05) is 17.8 Å². The Hall–Kier alpha value is -0.640. The van der Waals surface area contributed by atoms with Gasteiger partial charge in [0.2, 0.25) is 0 Å². The Bertz CT molecular complexity index is 251. The van der Waals surface area contributed by atoms with Crippen molar-refractivity contribution in [2.45, 2.75) is 0 Å². The summed E-state index contributed by atoms with van der Waals surface area (Å²) in [5, 5.41) is 0. The predicted molar refractivity (Wildman–Crippen MR) is 53.1 cm³/mol. The van der Waals surface area contributed by atoms with Crippen LogP contribution in [-0.4, -0.2) is 13.9 Å². The molecular formula is C8H9Cl2NO2. The first kappa shape index (κ1) is 10.4. The van der Waals surface area contributed by atoms with Gasteiger partial charge in [-0.3, -0.25) is 0 Å². The van der Waals surface area contributed by atoms with Crippen molar-refractivity contribution in [3.05, 3.63) is 24.3 Å². The van der Waals surface area contributed by atoms with Crippen LogP contribution in [0.25, 0.3) is 0 Å². The molecule has 0 saturated carbocycles. The van der Waals surface area contributed by atoms with Crippen molar-refractivity contribution >= 4 is 29.2 Å². The van der Waals surface area contributed by atoms with Gasteiger partial charge in [-0.25, -0.2) is 0 Å². The van der Waals surface area contributed by atoms with Crippen LogP contribution in [0.1, 0.15) is 0 Å². The normalized spacial score (nSPS) is 9.77. The maximum atomic E-state index is 5.49. The van der Waals surface area contributed by atoms with Crippen molar-refractivity contribution in [2.24, 2.45) is 0 Å². The Morgan fingerprint density at radius 3 is 2.31 bits per heavy atom. The summed E-state index contributed by atoms with van der Waals surface area (Å²) in [5.74, 6) is 0.709. The monoisotopic (exact) mass is 221 g/mol. The average molecular weight is 222 g/mol. The van der Waals surface area contributed by atoms with Crippen LogP contribution < -0.4 is 8.67 Å². The molecule has 0 unspecified atom stereocenters. The lowest BCUT2D eigenvalue weighted by Gasteiger charge is -2.07. The lowest BCUT2D eigenvalue weighted by molar-refractivity contribution is 0.0511. The van der Waals surface area contributed by atoms with Crippen LogP contribution in [0.5, 0.6) is 5.75 Å². The van der Waals surface area contributed by atoms with Crippen LogP contribution in [0.15, 0.2) is 24.3 Å². The summed E-state index contributed by atoms with van der Waals surface area (Å²) in [6, 6.07) is 6.99. The molecular weight excluding hydrogens is 213 g/mol. The Labute approximate surface area is 87.0 Å². The van der Waals surface area contributed by atoms with Gasteiger partial charge in [-0.2, -0.15) is 3.94 Å². The lowest BCUT2D eigenvalue weighted by Crippen LogP contribution is -1.99. The molecule has 0 atom stereocenters. The summed E-state index contributed by atoms with van der Waals surface area (Å²) < 4.78 is 10.9. The number of halogens is 2. The molecule has 1 aromatic carbocycles. The van der Waals surface area contributed by atoms with Crippen LogP contribution in [0, 0.1) is 0 Å². The van der Waals surface area contributed by atoms with Gasteiger partial charge < -0.3 is 9.47 Å². The Morgan fingerprint density at radius 1 is 1.23 bits per heavy atom. The summed E-state index contributed by atoms with van der Waals surface area (Å²) >= 11 is 11.0. The first-order valence-corrected chi connectivity index (χ1v) is 4.25. The van der Waals surface area contributed by atoms with Gasteiger partial charge in [-0.15, -0.1) is 0 Å². The van der Waals surface area contributed by atoms with Crippen LogP contribution in [0.2, 0.25) is 0 Å². The molecule has 0 radical (unpaired) electrons. The molecule has 0 spiro atoms. The van der Waals surface area contributed by atoms with Crippen LogP contribution in [0.4, 0.5) is 5.69 Å². The minimum absolute atomic E-state index is 0.227. The van der Waals surface area contributed by atoms with Gasteiger partial charge in [-0.05, 0) is 24.3 Å². The molecule has 0 aliphatic rings. The minimum atomic E-state index is 0.227. The summed E-state index contributed by atoms with van der Waals surface area (Å²) in [6.45, 7) is 0.227. The van der Waals surface area contributed by atoms with Crippen molar-refractivity contribution in [1.82, 2.24) is 0 Å². The fourth-order valence-corrected chi connectivity index (χ4v) is 1.01. The van der Waals surface area contributed by atoms with E-state index in [1.165, 1.54) is 0 Å². The zero-order valence-electron chi connectivity index (χ0n) is 7.04. The van der Waals surface area contributed by atoms with Crippen LogP contribution in [-0.2, 0) is 4.74 Å². The van der Waals surface area contributed by atoms with E-state index in [4.69, 9.17) is 33.0 Å². The number of nitrogens with zero attached hydrogens (tertiary/aromatic N) is 1. The summed E-state index contributed by atoms with van der Waals surface area (Å²) in [4.78, 5) is 0.